The minimum atomic E-state index is -0.350. The summed E-state index contributed by atoms with van der Waals surface area (Å²) in [7, 11) is 1.93. The molecular formula is C23H43N3O2. The first-order valence-electron chi connectivity index (χ1n) is 11.6. The Balaban J connectivity index is 2.33. The predicted molar refractivity (Wildman–Crippen MR) is 123 cm³/mol. The molecule has 0 bridgehead atoms. The third-order valence-electron chi connectivity index (χ3n) is 5.59. The Hall–Kier alpha value is -1.36. The lowest BCUT2D eigenvalue weighted by Gasteiger charge is -2.26. The van der Waals surface area contributed by atoms with Gasteiger partial charge in [-0.05, 0) is 38.9 Å². The van der Waals surface area contributed by atoms with E-state index in [4.69, 9.17) is 0 Å². The van der Waals surface area contributed by atoms with Crippen molar-refractivity contribution in [1.29, 1.82) is 0 Å². The van der Waals surface area contributed by atoms with Crippen LogP contribution < -0.4 is 21.1 Å². The molecule has 5 heteroatoms. The Labute approximate surface area is 172 Å². The van der Waals surface area contributed by atoms with Crippen molar-refractivity contribution < 1.29 is 0 Å². The first-order valence-corrected chi connectivity index (χ1v) is 11.6. The fourth-order valence-electron chi connectivity index (χ4n) is 3.68. The summed E-state index contributed by atoms with van der Waals surface area (Å²) < 4.78 is 0. The first-order chi connectivity index (χ1) is 13.6. The molecule has 0 spiro atoms. The average molecular weight is 394 g/mol. The van der Waals surface area contributed by atoms with Gasteiger partial charge < -0.3 is 15.1 Å². The van der Waals surface area contributed by atoms with Crippen molar-refractivity contribution in [2.75, 3.05) is 50.0 Å². The SMILES string of the molecule is CCCCCCCCN(CC)CCCN(C)c1c(NCCCCC)c(=O)c1=O. The van der Waals surface area contributed by atoms with E-state index in [1.165, 1.54) is 38.5 Å². The van der Waals surface area contributed by atoms with Gasteiger partial charge in [0.2, 0.25) is 0 Å². The second kappa shape index (κ2) is 14.6. The van der Waals surface area contributed by atoms with Gasteiger partial charge in [0.15, 0.2) is 0 Å². The molecule has 5 nitrogen and oxygen atoms in total. The fourth-order valence-corrected chi connectivity index (χ4v) is 3.68. The van der Waals surface area contributed by atoms with E-state index in [1.807, 2.05) is 11.9 Å². The van der Waals surface area contributed by atoms with E-state index in [2.05, 4.69) is 31.0 Å². The van der Waals surface area contributed by atoms with Gasteiger partial charge in [0, 0.05) is 20.1 Å². The van der Waals surface area contributed by atoms with Gasteiger partial charge >= 0.3 is 0 Å². The Morgan fingerprint density at radius 1 is 0.714 bits per heavy atom. The van der Waals surface area contributed by atoms with Crippen molar-refractivity contribution in [1.82, 2.24) is 4.90 Å². The average Bonchev–Trinajstić information content (AvgIpc) is 2.70. The Kier molecular flexibility index (Phi) is 12.9. The van der Waals surface area contributed by atoms with E-state index in [1.54, 1.807) is 0 Å². The zero-order chi connectivity index (χ0) is 20.8. The van der Waals surface area contributed by atoms with Crippen LogP contribution in [0.3, 0.4) is 0 Å². The number of hydrogen-bond donors (Lipinski definition) is 1. The number of anilines is 2. The summed E-state index contributed by atoms with van der Waals surface area (Å²) in [6.07, 6.45) is 12.3. The molecule has 0 aliphatic rings. The number of hydrogen-bond acceptors (Lipinski definition) is 5. The molecule has 1 aromatic carbocycles. The van der Waals surface area contributed by atoms with Crippen LogP contribution in [-0.2, 0) is 0 Å². The summed E-state index contributed by atoms with van der Waals surface area (Å²) in [5, 5.41) is 3.18. The standard InChI is InChI=1S/C23H43N3O2/c1-5-8-10-11-12-14-18-26(7-3)19-15-17-25(4)21-20(22(27)23(21)28)24-16-13-9-6-2/h24H,5-19H2,1-4H3. The summed E-state index contributed by atoms with van der Waals surface area (Å²) in [4.78, 5) is 28.3. The topological polar surface area (TPSA) is 52.6 Å². The second-order valence-electron chi connectivity index (χ2n) is 7.99. The highest BCUT2D eigenvalue weighted by Crippen LogP contribution is 2.19. The minimum Gasteiger partial charge on any atom is -0.380 e. The lowest BCUT2D eigenvalue weighted by atomic mass is 10.1. The monoisotopic (exact) mass is 393 g/mol. The van der Waals surface area contributed by atoms with E-state index in [0.29, 0.717) is 11.4 Å². The van der Waals surface area contributed by atoms with Crippen LogP contribution in [0.1, 0.15) is 85.0 Å². The largest absolute Gasteiger partial charge is 0.380 e. The van der Waals surface area contributed by atoms with Crippen LogP contribution >= 0.6 is 0 Å². The molecule has 0 aromatic heterocycles. The molecule has 162 valence electrons. The summed E-state index contributed by atoms with van der Waals surface area (Å²) in [5.41, 5.74) is 0.431. The van der Waals surface area contributed by atoms with E-state index in [0.717, 1.165) is 58.4 Å². The van der Waals surface area contributed by atoms with Crippen LogP contribution in [0, 0.1) is 0 Å². The van der Waals surface area contributed by atoms with E-state index >= 15 is 0 Å². The molecule has 0 amide bonds. The molecule has 1 rings (SSSR count). The van der Waals surface area contributed by atoms with Gasteiger partial charge in [0.1, 0.15) is 11.4 Å². The molecule has 1 aromatic rings. The normalized spacial score (nSPS) is 11.5. The summed E-state index contributed by atoms with van der Waals surface area (Å²) in [5.74, 6) is 0. The summed E-state index contributed by atoms with van der Waals surface area (Å²) in [6, 6.07) is 0. The van der Waals surface area contributed by atoms with Crippen LogP contribution in [0.15, 0.2) is 9.59 Å². The number of nitrogens with one attached hydrogen (secondary N) is 1. The highest BCUT2D eigenvalue weighted by molar-refractivity contribution is 5.74. The summed E-state index contributed by atoms with van der Waals surface area (Å²) in [6.45, 7) is 11.5. The molecule has 0 saturated heterocycles. The van der Waals surface area contributed by atoms with Crippen molar-refractivity contribution in [2.24, 2.45) is 0 Å². The van der Waals surface area contributed by atoms with Gasteiger partial charge in [-0.25, -0.2) is 0 Å². The summed E-state index contributed by atoms with van der Waals surface area (Å²) >= 11 is 0. The molecule has 0 fully saturated rings. The van der Waals surface area contributed by atoms with E-state index in [9.17, 15) is 9.59 Å². The Morgan fingerprint density at radius 2 is 1.32 bits per heavy atom. The first kappa shape index (κ1) is 24.7. The van der Waals surface area contributed by atoms with Gasteiger partial charge in [0.25, 0.3) is 10.9 Å². The molecule has 0 heterocycles. The Morgan fingerprint density at radius 3 is 2.00 bits per heavy atom. The zero-order valence-corrected chi connectivity index (χ0v) is 18.8. The number of unbranched alkanes of at least 4 members (excludes halogenated alkanes) is 7. The van der Waals surface area contributed by atoms with Crippen molar-refractivity contribution >= 4 is 11.4 Å². The number of rotatable bonds is 18. The van der Waals surface area contributed by atoms with Crippen LogP contribution in [0.2, 0.25) is 0 Å². The van der Waals surface area contributed by atoms with E-state index < -0.39 is 0 Å². The van der Waals surface area contributed by atoms with Crippen molar-refractivity contribution in [3.05, 3.63) is 20.4 Å². The smallest absolute Gasteiger partial charge is 0.253 e. The predicted octanol–water partition coefficient (Wildman–Crippen LogP) is 4.39. The van der Waals surface area contributed by atoms with Gasteiger partial charge in [0.05, 0.1) is 0 Å². The molecular weight excluding hydrogens is 350 g/mol. The molecule has 0 radical (unpaired) electrons. The maximum Gasteiger partial charge on any atom is 0.253 e. The third kappa shape index (κ3) is 8.34. The van der Waals surface area contributed by atoms with Crippen LogP contribution in [-0.4, -0.2) is 44.7 Å². The molecule has 0 aliphatic heterocycles. The lowest BCUT2D eigenvalue weighted by Crippen LogP contribution is -2.42. The second-order valence-corrected chi connectivity index (χ2v) is 7.99. The van der Waals surface area contributed by atoms with Crippen LogP contribution in [0.5, 0.6) is 0 Å². The molecule has 1 N–H and O–H groups in total. The quantitative estimate of drug-likeness (QED) is 0.296. The van der Waals surface area contributed by atoms with Crippen molar-refractivity contribution in [3.63, 3.8) is 0 Å². The van der Waals surface area contributed by atoms with Crippen molar-refractivity contribution in [2.45, 2.75) is 85.0 Å². The third-order valence-corrected chi connectivity index (χ3v) is 5.59. The highest BCUT2D eigenvalue weighted by Gasteiger charge is 2.23. The van der Waals surface area contributed by atoms with Crippen molar-refractivity contribution in [3.8, 4) is 0 Å². The molecule has 0 aliphatic carbocycles. The van der Waals surface area contributed by atoms with E-state index in [-0.39, 0.29) is 10.9 Å². The molecule has 0 unspecified atom stereocenters. The lowest BCUT2D eigenvalue weighted by molar-refractivity contribution is 0.278. The highest BCUT2D eigenvalue weighted by atomic mass is 16.2. The number of nitrogens with zero attached hydrogens (tertiary/aromatic N) is 2. The van der Waals surface area contributed by atoms with Gasteiger partial charge in [-0.3, -0.25) is 9.59 Å². The Bertz CT molecular complexity index is 593. The van der Waals surface area contributed by atoms with Crippen LogP contribution in [0.25, 0.3) is 0 Å². The molecule has 0 atom stereocenters. The van der Waals surface area contributed by atoms with Crippen LogP contribution in [0.4, 0.5) is 11.4 Å². The minimum absolute atomic E-state index is 0.333. The van der Waals surface area contributed by atoms with Gasteiger partial charge in [-0.1, -0.05) is 65.7 Å². The fraction of sp³-hybridized carbons (Fsp3) is 0.826. The van der Waals surface area contributed by atoms with Gasteiger partial charge in [-0.15, -0.1) is 0 Å². The van der Waals surface area contributed by atoms with Gasteiger partial charge in [-0.2, -0.15) is 0 Å². The molecule has 0 saturated carbocycles. The zero-order valence-electron chi connectivity index (χ0n) is 18.8. The molecule has 28 heavy (non-hydrogen) atoms. The maximum atomic E-state index is 12.0. The maximum absolute atomic E-state index is 12.0.